The van der Waals surface area contributed by atoms with E-state index in [0.717, 1.165) is 43.9 Å². The first-order valence-electron chi connectivity index (χ1n) is 13.4. The van der Waals surface area contributed by atoms with Crippen LogP contribution < -0.4 is 4.90 Å². The molecule has 0 amide bonds. The molecule has 0 N–H and O–H groups in total. The second-order valence-corrected chi connectivity index (χ2v) is 10.4. The maximum atomic E-state index is 2.51. The van der Waals surface area contributed by atoms with Gasteiger partial charge in [-0.3, -0.25) is 0 Å². The summed E-state index contributed by atoms with van der Waals surface area (Å²) in [5, 5.41) is 0. The second-order valence-electron chi connectivity index (χ2n) is 10.4. The Balaban J connectivity index is 1.41. The van der Waals surface area contributed by atoms with Gasteiger partial charge in [-0.25, -0.2) is 0 Å². The molecule has 0 bridgehead atoms. The highest BCUT2D eigenvalue weighted by molar-refractivity contribution is 5.82. The lowest BCUT2D eigenvalue weighted by molar-refractivity contribution is 0.849. The highest BCUT2D eigenvalue weighted by Gasteiger charge is 2.29. The average Bonchev–Trinajstić information content (AvgIpc) is 3.64. The van der Waals surface area contributed by atoms with Crippen molar-refractivity contribution in [2.45, 2.75) is 51.9 Å². The molecular formula is C34H35N. The molecule has 6 rings (SSSR count). The van der Waals surface area contributed by atoms with Crippen molar-refractivity contribution in [3.05, 3.63) is 119 Å². The van der Waals surface area contributed by atoms with Crippen molar-refractivity contribution in [3.8, 4) is 0 Å². The van der Waals surface area contributed by atoms with E-state index < -0.39 is 0 Å². The van der Waals surface area contributed by atoms with Gasteiger partial charge in [-0.2, -0.15) is 0 Å². The van der Waals surface area contributed by atoms with E-state index in [4.69, 9.17) is 0 Å². The standard InChI is InChI=1S/C34H35N/c1-25-24-29(25)17-16-28-20-23-34(33-15-9-8-14-32(28)33)35(30-12-6-3-7-13-30)31-21-18-27(19-22-31)26-10-4-2-5-11-26/h2-4,6-7,9-10,12-13,15-18,20-21,23,25,29H,5,8,11,14,19,22,24H2,1H3/b17-16-. The zero-order valence-corrected chi connectivity index (χ0v) is 20.8. The molecule has 0 radical (unpaired) electrons. The number of nitrogens with zero attached hydrogens (tertiary/aromatic N) is 1. The summed E-state index contributed by atoms with van der Waals surface area (Å²) in [4.78, 5) is 2.51. The highest BCUT2D eigenvalue weighted by Crippen LogP contribution is 2.42. The summed E-state index contributed by atoms with van der Waals surface area (Å²) in [6.07, 6.45) is 29.2. The summed E-state index contributed by atoms with van der Waals surface area (Å²) in [5.74, 6) is 1.62. The van der Waals surface area contributed by atoms with Crippen LogP contribution in [0.25, 0.3) is 12.2 Å². The van der Waals surface area contributed by atoms with Crippen molar-refractivity contribution < 1.29 is 0 Å². The van der Waals surface area contributed by atoms with Crippen LogP contribution in [0.15, 0.2) is 102 Å². The van der Waals surface area contributed by atoms with Crippen LogP contribution in [0.1, 0.15) is 62.1 Å². The van der Waals surface area contributed by atoms with Gasteiger partial charge in [0.2, 0.25) is 0 Å². The number of benzene rings is 2. The minimum Gasteiger partial charge on any atom is -0.314 e. The van der Waals surface area contributed by atoms with Crippen molar-refractivity contribution in [1.82, 2.24) is 0 Å². The third-order valence-electron chi connectivity index (χ3n) is 8.01. The molecule has 0 spiro atoms. The molecule has 0 aliphatic heterocycles. The lowest BCUT2D eigenvalue weighted by atomic mass is 9.88. The van der Waals surface area contributed by atoms with Crippen LogP contribution in [0.5, 0.6) is 0 Å². The molecular weight excluding hydrogens is 422 g/mol. The van der Waals surface area contributed by atoms with Gasteiger partial charge in [0.1, 0.15) is 0 Å². The molecule has 0 aromatic heterocycles. The Morgan fingerprint density at radius 1 is 0.829 bits per heavy atom. The maximum Gasteiger partial charge on any atom is 0.0533 e. The van der Waals surface area contributed by atoms with E-state index in [1.807, 2.05) is 0 Å². The summed E-state index contributed by atoms with van der Waals surface area (Å²) in [6.45, 7) is 2.35. The van der Waals surface area contributed by atoms with Gasteiger partial charge in [-0.1, -0.05) is 79.8 Å². The van der Waals surface area contributed by atoms with E-state index in [0.29, 0.717) is 0 Å². The maximum absolute atomic E-state index is 2.51. The third kappa shape index (κ3) is 4.65. The molecule has 0 saturated heterocycles. The van der Waals surface area contributed by atoms with Crippen LogP contribution in [-0.4, -0.2) is 0 Å². The number of hydrogen-bond acceptors (Lipinski definition) is 1. The second kappa shape index (κ2) is 9.74. The molecule has 35 heavy (non-hydrogen) atoms. The van der Waals surface area contributed by atoms with Gasteiger partial charge in [0.15, 0.2) is 0 Å². The monoisotopic (exact) mass is 457 g/mol. The number of anilines is 2. The number of allylic oxidation sites excluding steroid dienone is 10. The molecule has 176 valence electrons. The molecule has 2 unspecified atom stereocenters. The Bertz CT molecular complexity index is 1280. The number of para-hydroxylation sites is 1. The Kier molecular flexibility index (Phi) is 6.17. The highest BCUT2D eigenvalue weighted by atomic mass is 15.2. The lowest BCUT2D eigenvalue weighted by Crippen LogP contribution is -2.20. The normalized spacial score (nSPS) is 22.9. The number of fused-ring (bicyclic) bond motifs is 1. The fourth-order valence-corrected chi connectivity index (χ4v) is 5.75. The van der Waals surface area contributed by atoms with Crippen molar-refractivity contribution >= 4 is 23.5 Å². The molecule has 1 nitrogen and oxygen atoms in total. The van der Waals surface area contributed by atoms with Crippen molar-refractivity contribution in [3.63, 3.8) is 0 Å². The molecule has 1 fully saturated rings. The molecule has 1 saturated carbocycles. The number of rotatable bonds is 6. The predicted octanol–water partition coefficient (Wildman–Crippen LogP) is 9.33. The Hall–Kier alpha value is -3.32. The summed E-state index contributed by atoms with van der Waals surface area (Å²) >= 11 is 0. The Labute approximate surface area is 210 Å². The SMILES string of the molecule is CC1CC1/C=C\c1ccc(N(C2=CC=C(C3=CC=CCC3)CC2)c2ccccc2)c2c1CCC=C2. The van der Waals surface area contributed by atoms with Crippen LogP contribution in [0.2, 0.25) is 0 Å². The first-order chi connectivity index (χ1) is 17.3. The summed E-state index contributed by atoms with van der Waals surface area (Å²) in [7, 11) is 0. The molecule has 4 aliphatic carbocycles. The molecule has 2 atom stereocenters. The lowest BCUT2D eigenvalue weighted by Gasteiger charge is -2.33. The van der Waals surface area contributed by atoms with Crippen molar-refractivity contribution in [1.29, 1.82) is 0 Å². The van der Waals surface area contributed by atoms with Crippen LogP contribution in [0.4, 0.5) is 11.4 Å². The van der Waals surface area contributed by atoms with E-state index in [9.17, 15) is 0 Å². The van der Waals surface area contributed by atoms with Gasteiger partial charge in [0.25, 0.3) is 0 Å². The van der Waals surface area contributed by atoms with Gasteiger partial charge < -0.3 is 4.90 Å². The first-order valence-corrected chi connectivity index (χ1v) is 13.4. The fourth-order valence-electron chi connectivity index (χ4n) is 5.75. The molecule has 2 aromatic rings. The molecule has 2 aromatic carbocycles. The molecule has 1 heteroatoms. The smallest absolute Gasteiger partial charge is 0.0533 e. The van der Waals surface area contributed by atoms with E-state index in [-0.39, 0.29) is 0 Å². The predicted molar refractivity (Wildman–Crippen MR) is 151 cm³/mol. The summed E-state index contributed by atoms with van der Waals surface area (Å²) in [5.41, 5.74) is 11.2. The zero-order chi connectivity index (χ0) is 23.6. The van der Waals surface area contributed by atoms with Gasteiger partial charge >= 0.3 is 0 Å². The van der Waals surface area contributed by atoms with Crippen molar-refractivity contribution in [2.24, 2.45) is 11.8 Å². The van der Waals surface area contributed by atoms with Crippen molar-refractivity contribution in [2.75, 3.05) is 4.90 Å². The minimum atomic E-state index is 0.772. The molecule has 4 aliphatic rings. The largest absolute Gasteiger partial charge is 0.314 e. The van der Waals surface area contributed by atoms with Gasteiger partial charge in [-0.15, -0.1) is 0 Å². The average molecular weight is 458 g/mol. The number of hydrogen-bond donors (Lipinski definition) is 0. The van der Waals surface area contributed by atoms with Crippen LogP contribution >= 0.6 is 0 Å². The Morgan fingerprint density at radius 3 is 2.40 bits per heavy atom. The van der Waals surface area contributed by atoms with E-state index in [1.165, 1.54) is 57.8 Å². The first kappa shape index (κ1) is 22.2. The Morgan fingerprint density at radius 2 is 1.66 bits per heavy atom. The van der Waals surface area contributed by atoms with Crippen LogP contribution in [-0.2, 0) is 6.42 Å². The van der Waals surface area contributed by atoms with Gasteiger partial charge in [-0.05, 0) is 103 Å². The fraction of sp³-hybridized carbons (Fsp3) is 0.294. The third-order valence-corrected chi connectivity index (χ3v) is 8.01. The van der Waals surface area contributed by atoms with E-state index >= 15 is 0 Å². The topological polar surface area (TPSA) is 3.24 Å². The van der Waals surface area contributed by atoms with Crippen LogP contribution in [0, 0.1) is 11.8 Å². The zero-order valence-electron chi connectivity index (χ0n) is 20.8. The molecule has 0 heterocycles. The summed E-state index contributed by atoms with van der Waals surface area (Å²) < 4.78 is 0. The minimum absolute atomic E-state index is 0.772. The quantitative estimate of drug-likeness (QED) is 0.418. The van der Waals surface area contributed by atoms with E-state index in [1.54, 1.807) is 0 Å². The van der Waals surface area contributed by atoms with E-state index in [2.05, 4.69) is 109 Å². The summed E-state index contributed by atoms with van der Waals surface area (Å²) in [6, 6.07) is 15.6. The van der Waals surface area contributed by atoms with Gasteiger partial charge in [0.05, 0.1) is 5.69 Å². The van der Waals surface area contributed by atoms with Gasteiger partial charge in [0, 0.05) is 16.9 Å². The van der Waals surface area contributed by atoms with Crippen LogP contribution in [0.3, 0.4) is 0 Å².